The molecule has 0 aromatic heterocycles. The van der Waals surface area contributed by atoms with Gasteiger partial charge in [-0.1, -0.05) is 26.3 Å². The molecule has 1 aliphatic heterocycles. The third kappa shape index (κ3) is 1.73. The first-order valence-corrected chi connectivity index (χ1v) is 9.13. The highest BCUT2D eigenvalue weighted by Crippen LogP contribution is 2.68. The molecule has 3 aliphatic carbocycles. The quantitative estimate of drug-likeness (QED) is 0.422. The van der Waals surface area contributed by atoms with Crippen LogP contribution in [-0.2, 0) is 14.3 Å². The fraction of sp³-hybridized carbons (Fsp3) is 0.789. The molecule has 11 atom stereocenters. The van der Waals surface area contributed by atoms with E-state index in [9.17, 15) is 30.0 Å². The fourth-order valence-corrected chi connectivity index (χ4v) is 6.99. The van der Waals surface area contributed by atoms with Crippen LogP contribution >= 0.6 is 0 Å². The molecule has 0 bridgehead atoms. The number of hydrogen-bond donors (Lipinski definition) is 4. The van der Waals surface area contributed by atoms with E-state index in [2.05, 4.69) is 0 Å². The lowest BCUT2D eigenvalue weighted by atomic mass is 9.39. The smallest absolute Gasteiger partial charge is 0.310 e. The second kappa shape index (κ2) is 5.16. The van der Waals surface area contributed by atoms with Crippen molar-refractivity contribution in [3.8, 4) is 0 Å². The van der Waals surface area contributed by atoms with Crippen LogP contribution in [0.3, 0.4) is 0 Å². The molecule has 0 amide bonds. The maximum atomic E-state index is 12.6. The minimum absolute atomic E-state index is 0.488. The predicted octanol–water partition coefficient (Wildman–Crippen LogP) is -0.591. The number of aliphatic hydroxyl groups excluding tert-OH is 4. The van der Waals surface area contributed by atoms with Crippen LogP contribution in [0.5, 0.6) is 0 Å². The largest absolute Gasteiger partial charge is 0.459 e. The van der Waals surface area contributed by atoms with Crippen LogP contribution in [0.1, 0.15) is 27.7 Å². The third-order valence-electron chi connectivity index (χ3n) is 7.92. The minimum Gasteiger partial charge on any atom is -0.459 e. The Morgan fingerprint density at radius 2 is 1.58 bits per heavy atom. The number of fused-ring (bicyclic) bond motifs is 2. The zero-order valence-corrected chi connectivity index (χ0v) is 15.3. The summed E-state index contributed by atoms with van der Waals surface area (Å²) in [4.78, 5) is 25.0. The van der Waals surface area contributed by atoms with Gasteiger partial charge in [-0.05, 0) is 18.9 Å². The third-order valence-corrected chi connectivity index (χ3v) is 7.92. The Kier molecular flexibility index (Phi) is 3.59. The van der Waals surface area contributed by atoms with Crippen molar-refractivity contribution in [2.45, 2.75) is 58.2 Å². The minimum atomic E-state index is -1.44. The Hall–Kier alpha value is -1.28. The molecule has 2 saturated carbocycles. The molecule has 7 nitrogen and oxygen atoms in total. The van der Waals surface area contributed by atoms with Crippen LogP contribution in [0.15, 0.2) is 11.6 Å². The van der Waals surface area contributed by atoms with Crippen molar-refractivity contribution in [3.63, 3.8) is 0 Å². The van der Waals surface area contributed by atoms with Crippen LogP contribution < -0.4 is 0 Å². The highest BCUT2D eigenvalue weighted by atomic mass is 16.6. The van der Waals surface area contributed by atoms with Gasteiger partial charge in [0.25, 0.3) is 0 Å². The van der Waals surface area contributed by atoms with Gasteiger partial charge < -0.3 is 25.2 Å². The van der Waals surface area contributed by atoms with E-state index in [0.29, 0.717) is 5.57 Å². The molecule has 144 valence electrons. The number of carbonyl (C=O) groups excluding carboxylic acids is 2. The maximum Gasteiger partial charge on any atom is 0.310 e. The molecule has 0 unspecified atom stereocenters. The van der Waals surface area contributed by atoms with Crippen molar-refractivity contribution < 1.29 is 34.8 Å². The van der Waals surface area contributed by atoms with Crippen LogP contribution in [0, 0.1) is 34.5 Å². The van der Waals surface area contributed by atoms with E-state index in [-0.39, 0.29) is 0 Å². The van der Waals surface area contributed by atoms with Crippen molar-refractivity contribution in [2.75, 3.05) is 0 Å². The van der Waals surface area contributed by atoms with E-state index in [1.165, 1.54) is 6.08 Å². The van der Waals surface area contributed by atoms with Crippen molar-refractivity contribution >= 4 is 11.8 Å². The molecule has 1 heterocycles. The summed E-state index contributed by atoms with van der Waals surface area (Å²) in [5.74, 6) is -3.75. The van der Waals surface area contributed by atoms with Crippen molar-refractivity contribution in [2.24, 2.45) is 34.5 Å². The van der Waals surface area contributed by atoms with Crippen LogP contribution in [-0.4, -0.2) is 62.7 Å². The Morgan fingerprint density at radius 1 is 0.962 bits per heavy atom. The van der Waals surface area contributed by atoms with Crippen molar-refractivity contribution in [1.29, 1.82) is 0 Å². The molecule has 1 saturated heterocycles. The van der Waals surface area contributed by atoms with Crippen molar-refractivity contribution in [3.05, 3.63) is 11.6 Å². The first kappa shape index (κ1) is 18.1. The molecule has 0 spiro atoms. The molecular formula is C19H26O7. The van der Waals surface area contributed by atoms with Crippen LogP contribution in [0.2, 0.25) is 0 Å². The van der Waals surface area contributed by atoms with E-state index in [1.54, 1.807) is 27.7 Å². The zero-order chi connectivity index (χ0) is 19.3. The van der Waals surface area contributed by atoms with Gasteiger partial charge in [0.05, 0.1) is 24.2 Å². The lowest BCUT2D eigenvalue weighted by Gasteiger charge is -2.65. The first-order chi connectivity index (χ1) is 12.0. The second-order valence-electron chi connectivity index (χ2n) is 9.05. The summed E-state index contributed by atoms with van der Waals surface area (Å²) >= 11 is 0. The predicted molar refractivity (Wildman–Crippen MR) is 88.5 cm³/mol. The number of ether oxygens (including phenoxy) is 1. The number of esters is 1. The average Bonchev–Trinajstić information content (AvgIpc) is 2.81. The summed E-state index contributed by atoms with van der Waals surface area (Å²) in [5.41, 5.74) is -1.65. The number of hydrogen-bond acceptors (Lipinski definition) is 7. The van der Waals surface area contributed by atoms with Gasteiger partial charge in [-0.25, -0.2) is 0 Å². The topological polar surface area (TPSA) is 124 Å². The lowest BCUT2D eigenvalue weighted by Crippen LogP contribution is -2.74. The fourth-order valence-electron chi connectivity index (χ4n) is 6.99. The maximum absolute atomic E-state index is 12.6. The molecule has 0 radical (unpaired) electrons. The van der Waals surface area contributed by atoms with Gasteiger partial charge in [-0.2, -0.15) is 0 Å². The normalized spacial score (nSPS) is 58.6. The van der Waals surface area contributed by atoms with Gasteiger partial charge in [0, 0.05) is 22.7 Å². The lowest BCUT2D eigenvalue weighted by molar-refractivity contribution is -0.266. The summed E-state index contributed by atoms with van der Waals surface area (Å²) in [6.45, 7) is 6.80. The second-order valence-corrected chi connectivity index (χ2v) is 9.05. The highest BCUT2D eigenvalue weighted by molar-refractivity contribution is 5.96. The molecule has 4 rings (SSSR count). The Bertz CT molecular complexity index is 717. The summed E-state index contributed by atoms with van der Waals surface area (Å²) in [5, 5.41) is 43.6. The molecule has 0 aromatic carbocycles. The summed E-state index contributed by atoms with van der Waals surface area (Å²) in [6, 6.07) is 0. The molecule has 26 heavy (non-hydrogen) atoms. The molecule has 7 heteroatoms. The van der Waals surface area contributed by atoms with E-state index in [0.717, 1.165) is 0 Å². The highest BCUT2D eigenvalue weighted by Gasteiger charge is 2.77. The van der Waals surface area contributed by atoms with Gasteiger partial charge in [-0.15, -0.1) is 0 Å². The monoisotopic (exact) mass is 366 g/mol. The van der Waals surface area contributed by atoms with Crippen molar-refractivity contribution in [1.82, 2.24) is 0 Å². The van der Waals surface area contributed by atoms with Crippen LogP contribution in [0.4, 0.5) is 0 Å². The summed E-state index contributed by atoms with van der Waals surface area (Å²) in [7, 11) is 0. The van der Waals surface area contributed by atoms with E-state index >= 15 is 0 Å². The van der Waals surface area contributed by atoms with E-state index in [1.807, 2.05) is 0 Å². The Labute approximate surface area is 151 Å². The van der Waals surface area contributed by atoms with Gasteiger partial charge >= 0.3 is 5.97 Å². The molecule has 3 fully saturated rings. The standard InChI is InChI=1S/C19H26O7/c1-6-5-8(20)15(24)18(3)9(6)12(22)16-19(4)10(17(25)26-16)7(2)11(21)13(23)14(18)19/h5,7,9-16,21-24H,1-4H3/t7-,9-,10+,11-,12-,13-,14-,15-,16-,18+,19+/m1/s1. The van der Waals surface area contributed by atoms with Gasteiger partial charge in [0.15, 0.2) is 5.78 Å². The SMILES string of the molecule is CC1=CC(=O)[C@@H](O)[C@]2(C)[C@H]3[C@H](O)[C@H](O)[C@H](C)[C@H]4C(=O)O[C@H]([C@H](O)[C@@H]12)[C@]34C. The first-order valence-electron chi connectivity index (χ1n) is 9.13. The number of carbonyl (C=O) groups is 2. The Morgan fingerprint density at radius 3 is 2.19 bits per heavy atom. The average molecular weight is 366 g/mol. The molecule has 0 aromatic rings. The van der Waals surface area contributed by atoms with Crippen LogP contribution in [0.25, 0.3) is 0 Å². The Balaban J connectivity index is 2.00. The summed E-state index contributed by atoms with van der Waals surface area (Å²) < 4.78 is 5.56. The van der Waals surface area contributed by atoms with E-state index < -0.39 is 76.8 Å². The van der Waals surface area contributed by atoms with Gasteiger partial charge in [-0.3, -0.25) is 9.59 Å². The number of ketones is 1. The molecule has 4 aliphatic rings. The zero-order valence-electron chi connectivity index (χ0n) is 15.3. The molecular weight excluding hydrogens is 340 g/mol. The van der Waals surface area contributed by atoms with E-state index in [4.69, 9.17) is 4.74 Å². The van der Waals surface area contributed by atoms with Gasteiger partial charge in [0.2, 0.25) is 0 Å². The van der Waals surface area contributed by atoms with Gasteiger partial charge in [0.1, 0.15) is 12.2 Å². The number of aliphatic hydroxyl groups is 4. The molecule has 4 N–H and O–H groups in total. The number of rotatable bonds is 0. The summed E-state index contributed by atoms with van der Waals surface area (Å²) in [6.07, 6.45) is -4.55.